The Morgan fingerprint density at radius 1 is 0.853 bits per heavy atom. The molecule has 17 nitrogen and oxygen atoms in total. The highest BCUT2D eigenvalue weighted by atomic mass is 16.7. The summed E-state index contributed by atoms with van der Waals surface area (Å²) in [6.07, 6.45) is 6.86. The molecule has 7 rings (SSSR count). The number of hydrogen-bond donors (Lipinski definition) is 7. The third-order valence-corrected chi connectivity index (χ3v) is 14.8. The van der Waals surface area contributed by atoms with E-state index in [9.17, 15) is 33.6 Å². The number of unbranched alkanes of at least 4 members (excludes halogenated alkanes) is 2. The van der Waals surface area contributed by atoms with E-state index in [1.165, 1.54) is 17.4 Å². The Morgan fingerprint density at radius 3 is 2.19 bits per heavy atom. The number of primary amides is 1. The minimum Gasteiger partial charge on any atom is -0.404 e. The molecule has 9 N–H and O–H groups in total. The summed E-state index contributed by atoms with van der Waals surface area (Å²) in [5.74, 6) is -3.78. The molecule has 370 valence electrons. The van der Waals surface area contributed by atoms with Crippen LogP contribution in [0.4, 0.5) is 0 Å². The molecule has 2 aromatic rings. The average Bonchev–Trinajstić information content (AvgIpc) is 3.95. The Kier molecular flexibility index (Phi) is 17.5. The van der Waals surface area contributed by atoms with E-state index in [1.807, 2.05) is 12.1 Å². The van der Waals surface area contributed by atoms with E-state index in [4.69, 9.17) is 20.8 Å². The second-order valence-corrected chi connectivity index (χ2v) is 20.1. The first-order valence-corrected chi connectivity index (χ1v) is 24.7. The van der Waals surface area contributed by atoms with Gasteiger partial charge in [-0.3, -0.25) is 33.6 Å². The van der Waals surface area contributed by atoms with Gasteiger partial charge in [-0.15, -0.1) is 0 Å². The summed E-state index contributed by atoms with van der Waals surface area (Å²) >= 11 is 0. The van der Waals surface area contributed by atoms with Gasteiger partial charge in [0.25, 0.3) is 5.91 Å². The molecular weight excluding hydrogens is 867 g/mol. The Balaban J connectivity index is 0.978. The first kappa shape index (κ1) is 52.1. The van der Waals surface area contributed by atoms with Crippen molar-refractivity contribution in [3.05, 3.63) is 59.7 Å². The van der Waals surface area contributed by atoms with E-state index in [2.05, 4.69) is 78.5 Å². The van der Waals surface area contributed by atoms with Crippen LogP contribution >= 0.6 is 0 Å². The third kappa shape index (κ3) is 12.3. The number of likely N-dealkylation sites (tertiary alicyclic amines) is 1. The first-order chi connectivity index (χ1) is 32.4. The molecular formula is C50H73BN8O9. The molecule has 2 heterocycles. The van der Waals surface area contributed by atoms with Gasteiger partial charge in [-0.1, -0.05) is 63.6 Å². The van der Waals surface area contributed by atoms with Gasteiger partial charge in [0.05, 0.1) is 24.1 Å². The minimum absolute atomic E-state index is 0.0353. The number of rotatable bonds is 23. The number of nitrogens with one attached hydrogen (secondary N) is 5. The molecule has 18 heteroatoms. The number of aryl methyl sites for hydroxylation is 1. The number of nitrogens with zero attached hydrogens (tertiary/aromatic N) is 1. The average molecular weight is 941 g/mol. The quantitative estimate of drug-likeness (QED) is 0.0634. The van der Waals surface area contributed by atoms with Crippen LogP contribution in [0.1, 0.15) is 128 Å². The fourth-order valence-corrected chi connectivity index (χ4v) is 10.6. The van der Waals surface area contributed by atoms with E-state index in [0.717, 1.165) is 43.2 Å². The molecule has 5 fully saturated rings. The zero-order chi connectivity index (χ0) is 49.3. The van der Waals surface area contributed by atoms with Crippen molar-refractivity contribution >= 4 is 48.5 Å². The topological polar surface area (TPSA) is 253 Å². The predicted molar refractivity (Wildman–Crippen MR) is 258 cm³/mol. The van der Waals surface area contributed by atoms with Crippen molar-refractivity contribution in [2.24, 2.45) is 28.7 Å². The van der Waals surface area contributed by atoms with Crippen molar-refractivity contribution in [2.75, 3.05) is 19.6 Å². The van der Waals surface area contributed by atoms with Gasteiger partial charge in [-0.25, -0.2) is 0 Å². The van der Waals surface area contributed by atoms with E-state index in [1.54, 1.807) is 19.1 Å². The van der Waals surface area contributed by atoms with Crippen molar-refractivity contribution < 1.29 is 42.9 Å². The van der Waals surface area contributed by atoms with Crippen LogP contribution in [0, 0.1) is 17.3 Å². The number of carbonyl (C=O) groups is 7. The number of hydrogen-bond acceptors (Lipinski definition) is 10. The molecule has 5 aliphatic rings. The first-order valence-electron chi connectivity index (χ1n) is 24.7. The monoisotopic (exact) mass is 941 g/mol. The standard InChI is InChI=1S/C50H73BN8O9/c1-7-8-12-32-15-17-33(18-16-32)34-19-21-35(22-20-34)45(63)54-25-23-43(61)57-37(13-9-10-24-52)48(66)59-26-11-14-39(59)47(65)55-30(2)44(62)58-38(29-42(53)60)46(64)56-31(3)51-67-41-28-36-27-40(49(36,4)5)50(41,6)68-51/h15-22,30-31,36-41H,7-14,23-29,52H2,1-6H3,(H2,53,60)(H,54,63)(H,55,65)(H,56,64)(H,57,61)(H,58,62)/t30-,31-,36-,37-,38-,39-,40-,41+,50-/m0/s1. The third-order valence-electron chi connectivity index (χ3n) is 14.8. The number of amides is 7. The highest BCUT2D eigenvalue weighted by Gasteiger charge is 2.68. The molecule has 68 heavy (non-hydrogen) atoms. The summed E-state index contributed by atoms with van der Waals surface area (Å²) in [5.41, 5.74) is 14.7. The van der Waals surface area contributed by atoms with Gasteiger partial charge in [0.2, 0.25) is 35.4 Å². The van der Waals surface area contributed by atoms with Gasteiger partial charge in [0.1, 0.15) is 24.2 Å². The Labute approximate surface area is 401 Å². The molecule has 3 aliphatic carbocycles. The maximum atomic E-state index is 14.1. The smallest absolute Gasteiger partial charge is 0.404 e. The van der Waals surface area contributed by atoms with E-state index in [-0.39, 0.29) is 43.4 Å². The molecule has 7 amide bonds. The zero-order valence-corrected chi connectivity index (χ0v) is 40.7. The minimum atomic E-state index is -1.35. The van der Waals surface area contributed by atoms with Gasteiger partial charge >= 0.3 is 7.12 Å². The zero-order valence-electron chi connectivity index (χ0n) is 40.7. The lowest BCUT2D eigenvalue weighted by molar-refractivity contribution is -0.199. The largest absolute Gasteiger partial charge is 0.481 e. The lowest BCUT2D eigenvalue weighted by Crippen LogP contribution is -2.65. The van der Waals surface area contributed by atoms with E-state index in [0.29, 0.717) is 49.6 Å². The van der Waals surface area contributed by atoms with Crippen LogP contribution < -0.4 is 38.1 Å². The summed E-state index contributed by atoms with van der Waals surface area (Å²) in [7, 11) is -0.732. The fraction of sp³-hybridized carbons (Fsp3) is 0.620. The van der Waals surface area contributed by atoms with Crippen molar-refractivity contribution in [2.45, 2.75) is 160 Å². The van der Waals surface area contributed by atoms with E-state index >= 15 is 0 Å². The Morgan fingerprint density at radius 2 is 1.54 bits per heavy atom. The highest BCUT2D eigenvalue weighted by Crippen LogP contribution is 2.65. The lowest BCUT2D eigenvalue weighted by Gasteiger charge is -2.64. The Hall–Kier alpha value is -5.33. The summed E-state index contributed by atoms with van der Waals surface area (Å²) in [5, 5.41) is 13.7. The summed E-state index contributed by atoms with van der Waals surface area (Å²) in [6, 6.07) is 11.3. The maximum absolute atomic E-state index is 14.1. The maximum Gasteiger partial charge on any atom is 0.481 e. The molecule has 2 bridgehead atoms. The molecule has 3 saturated carbocycles. The summed E-state index contributed by atoms with van der Waals surface area (Å²) in [4.78, 5) is 94.5. The molecule has 2 aromatic carbocycles. The molecule has 0 spiro atoms. The highest BCUT2D eigenvalue weighted by molar-refractivity contribution is 6.47. The van der Waals surface area contributed by atoms with Crippen LogP contribution in [0.3, 0.4) is 0 Å². The SMILES string of the molecule is CCCCc1ccc(-c2ccc(C(=O)NCCC(=O)N[C@@H](CCCCN)C(=O)N3CCC[C@H]3C(=O)N[C@@H](C)C(=O)N[C@@H](CC(N)=O)C(=O)N[C@@H](C)B3O[C@@H]4C[C@@H]5C[C@@H](C5(C)C)[C@]4(C)O3)cc2)cc1. The number of nitrogens with two attached hydrogens (primary N) is 2. The van der Waals surface area contributed by atoms with Crippen molar-refractivity contribution in [3.63, 3.8) is 0 Å². The second kappa shape index (κ2) is 22.9. The van der Waals surface area contributed by atoms with Crippen LogP contribution in [0.15, 0.2) is 48.5 Å². The molecule has 2 saturated heterocycles. The van der Waals surface area contributed by atoms with Gasteiger partial charge in [0, 0.05) is 25.1 Å². The fourth-order valence-electron chi connectivity index (χ4n) is 10.6. The van der Waals surface area contributed by atoms with Gasteiger partial charge < -0.3 is 52.3 Å². The Bertz CT molecular complexity index is 2140. The lowest BCUT2D eigenvalue weighted by atomic mass is 9.43. The van der Waals surface area contributed by atoms with Crippen molar-refractivity contribution in [1.29, 1.82) is 0 Å². The second-order valence-electron chi connectivity index (χ2n) is 20.1. The van der Waals surface area contributed by atoms with Crippen molar-refractivity contribution in [1.82, 2.24) is 31.5 Å². The van der Waals surface area contributed by atoms with Crippen LogP contribution in [0.25, 0.3) is 11.1 Å². The number of benzene rings is 2. The van der Waals surface area contributed by atoms with Gasteiger partial charge in [0.15, 0.2) is 0 Å². The normalized spacial score (nSPS) is 24.0. The molecule has 2 aliphatic heterocycles. The summed E-state index contributed by atoms with van der Waals surface area (Å²) < 4.78 is 12.8. The number of carbonyl (C=O) groups excluding carboxylic acids is 7. The van der Waals surface area contributed by atoms with Crippen LogP contribution in [0.2, 0.25) is 0 Å². The van der Waals surface area contributed by atoms with Crippen LogP contribution in [-0.2, 0) is 44.5 Å². The molecule has 0 radical (unpaired) electrons. The van der Waals surface area contributed by atoms with Crippen molar-refractivity contribution in [3.8, 4) is 11.1 Å². The van der Waals surface area contributed by atoms with Crippen LogP contribution in [0.5, 0.6) is 0 Å². The van der Waals surface area contributed by atoms with Gasteiger partial charge in [-0.05, 0) is 131 Å². The molecule has 9 atom stereocenters. The van der Waals surface area contributed by atoms with E-state index < -0.39 is 84.7 Å². The molecule has 0 unspecified atom stereocenters. The molecule has 0 aromatic heterocycles. The van der Waals surface area contributed by atoms with Gasteiger partial charge in [-0.2, -0.15) is 0 Å². The predicted octanol–water partition coefficient (Wildman–Crippen LogP) is 3.06. The summed E-state index contributed by atoms with van der Waals surface area (Å²) in [6.45, 7) is 12.6. The van der Waals surface area contributed by atoms with Crippen LogP contribution in [-0.4, -0.2) is 115 Å².